The van der Waals surface area contributed by atoms with E-state index in [1.54, 1.807) is 24.3 Å². The van der Waals surface area contributed by atoms with Crippen molar-refractivity contribution in [2.45, 2.75) is 25.7 Å². The van der Waals surface area contributed by atoms with Crippen molar-refractivity contribution in [2.24, 2.45) is 11.7 Å². The first kappa shape index (κ1) is 16.2. The smallest absolute Gasteiger partial charge is 0.312 e. The van der Waals surface area contributed by atoms with Gasteiger partial charge in [-0.05, 0) is 24.9 Å². The van der Waals surface area contributed by atoms with Crippen LogP contribution >= 0.6 is 0 Å². The summed E-state index contributed by atoms with van der Waals surface area (Å²) in [6.07, 6.45) is 1.50. The minimum absolute atomic E-state index is 0.102. The number of carbonyl (C=O) groups excluding carboxylic acids is 1. The summed E-state index contributed by atoms with van der Waals surface area (Å²) in [5.74, 6) is -1.93. The van der Waals surface area contributed by atoms with Gasteiger partial charge in [0.1, 0.15) is 0 Å². The van der Waals surface area contributed by atoms with E-state index in [2.05, 4.69) is 5.32 Å². The van der Waals surface area contributed by atoms with Gasteiger partial charge in [0.25, 0.3) is 0 Å². The highest BCUT2D eigenvalue weighted by atomic mass is 16.4. The highest BCUT2D eigenvalue weighted by Crippen LogP contribution is 2.15. The van der Waals surface area contributed by atoms with Gasteiger partial charge in [0.2, 0.25) is 5.91 Å². The van der Waals surface area contributed by atoms with Crippen LogP contribution in [0, 0.1) is 5.92 Å². The molecule has 0 heterocycles. The normalized spacial score (nSPS) is 13.5. The lowest BCUT2D eigenvalue weighted by Gasteiger charge is -2.16. The summed E-state index contributed by atoms with van der Waals surface area (Å²) in [6.45, 7) is 2.48. The van der Waals surface area contributed by atoms with Crippen LogP contribution in [0.25, 0.3) is 0 Å². The molecular weight excluding hydrogens is 256 g/mol. The molecule has 0 spiro atoms. The summed E-state index contributed by atoms with van der Waals surface area (Å²) in [4.78, 5) is 23.1. The van der Waals surface area contributed by atoms with Crippen LogP contribution in [0.15, 0.2) is 30.3 Å². The Kier molecular flexibility index (Phi) is 6.73. The van der Waals surface area contributed by atoms with Gasteiger partial charge < -0.3 is 16.2 Å². The Morgan fingerprint density at radius 3 is 2.50 bits per heavy atom. The summed E-state index contributed by atoms with van der Waals surface area (Å²) in [7, 11) is 0. The van der Waals surface area contributed by atoms with Crippen LogP contribution in [-0.2, 0) is 9.59 Å². The lowest BCUT2D eigenvalue weighted by molar-refractivity contribution is -0.138. The van der Waals surface area contributed by atoms with Gasteiger partial charge in [-0.25, -0.2) is 0 Å². The average molecular weight is 278 g/mol. The molecule has 0 bridgehead atoms. The molecule has 1 aromatic carbocycles. The number of nitrogens with one attached hydrogen (secondary N) is 1. The number of amides is 1. The van der Waals surface area contributed by atoms with E-state index in [1.165, 1.54) is 0 Å². The van der Waals surface area contributed by atoms with Gasteiger partial charge >= 0.3 is 5.97 Å². The monoisotopic (exact) mass is 278 g/mol. The maximum Gasteiger partial charge on any atom is 0.312 e. The lowest BCUT2D eigenvalue weighted by atomic mass is 9.98. The van der Waals surface area contributed by atoms with Crippen LogP contribution in [0.1, 0.15) is 31.2 Å². The third kappa shape index (κ3) is 5.01. The molecule has 5 heteroatoms. The van der Waals surface area contributed by atoms with E-state index < -0.39 is 11.9 Å². The second-order valence-corrected chi connectivity index (χ2v) is 4.88. The molecular formula is C15H22N2O3. The Balaban J connectivity index is 2.56. The van der Waals surface area contributed by atoms with Crippen LogP contribution in [-0.4, -0.2) is 30.1 Å². The first-order valence-electron chi connectivity index (χ1n) is 6.81. The van der Waals surface area contributed by atoms with Gasteiger partial charge in [-0.3, -0.25) is 9.59 Å². The highest BCUT2D eigenvalue weighted by Gasteiger charge is 2.21. The van der Waals surface area contributed by atoms with Gasteiger partial charge in [-0.1, -0.05) is 37.3 Å². The SMILES string of the molecule is CC(CCCN)C(=O)NCC(C(=O)O)c1ccccc1. The van der Waals surface area contributed by atoms with Gasteiger partial charge in [0, 0.05) is 12.5 Å². The molecule has 20 heavy (non-hydrogen) atoms. The van der Waals surface area contributed by atoms with Gasteiger partial charge in [-0.15, -0.1) is 0 Å². The standard InChI is InChI=1S/C15H22N2O3/c1-11(6-5-9-16)14(18)17-10-13(15(19)20)12-7-3-2-4-8-12/h2-4,7-8,11,13H,5-6,9-10,16H2,1H3,(H,17,18)(H,19,20). The Morgan fingerprint density at radius 1 is 1.30 bits per heavy atom. The van der Waals surface area contributed by atoms with Crippen LogP contribution in [0.2, 0.25) is 0 Å². The molecule has 0 aromatic heterocycles. The average Bonchev–Trinajstić information content (AvgIpc) is 2.45. The summed E-state index contributed by atoms with van der Waals surface area (Å²) in [5, 5.41) is 12.0. The van der Waals surface area contributed by atoms with Crippen LogP contribution in [0.5, 0.6) is 0 Å². The summed E-state index contributed by atoms with van der Waals surface area (Å²) < 4.78 is 0. The molecule has 2 atom stereocenters. The van der Waals surface area contributed by atoms with Crippen LogP contribution in [0.4, 0.5) is 0 Å². The third-order valence-corrected chi connectivity index (χ3v) is 3.27. The van der Waals surface area contributed by atoms with Crippen molar-refractivity contribution in [3.8, 4) is 0 Å². The number of carboxylic acid groups (broad SMARTS) is 1. The Labute approximate surface area is 119 Å². The molecule has 0 aliphatic carbocycles. The lowest BCUT2D eigenvalue weighted by Crippen LogP contribution is -2.35. The summed E-state index contributed by atoms with van der Waals surface area (Å²) >= 11 is 0. The maximum absolute atomic E-state index is 11.9. The molecule has 1 amide bonds. The van der Waals surface area contributed by atoms with E-state index in [4.69, 9.17) is 5.73 Å². The first-order chi connectivity index (χ1) is 9.56. The predicted octanol–water partition coefficient (Wildman–Crippen LogP) is 1.35. The zero-order valence-corrected chi connectivity index (χ0v) is 11.7. The Hall–Kier alpha value is -1.88. The van der Waals surface area contributed by atoms with Gasteiger partial charge in [-0.2, -0.15) is 0 Å². The molecule has 0 aliphatic heterocycles. The number of benzene rings is 1. The highest BCUT2D eigenvalue weighted by molar-refractivity contribution is 5.81. The van der Waals surface area contributed by atoms with E-state index in [1.807, 2.05) is 13.0 Å². The second-order valence-electron chi connectivity index (χ2n) is 4.88. The largest absolute Gasteiger partial charge is 0.481 e. The molecule has 2 unspecified atom stereocenters. The number of hydrogen-bond donors (Lipinski definition) is 3. The number of rotatable bonds is 8. The maximum atomic E-state index is 11.9. The molecule has 110 valence electrons. The van der Waals surface area contributed by atoms with Crippen LogP contribution < -0.4 is 11.1 Å². The number of carboxylic acids is 1. The van der Waals surface area contributed by atoms with Crippen molar-refractivity contribution in [2.75, 3.05) is 13.1 Å². The van der Waals surface area contributed by atoms with Crippen molar-refractivity contribution in [3.05, 3.63) is 35.9 Å². The van der Waals surface area contributed by atoms with Crippen molar-refractivity contribution < 1.29 is 14.7 Å². The molecule has 0 aliphatic rings. The molecule has 5 nitrogen and oxygen atoms in total. The Morgan fingerprint density at radius 2 is 1.95 bits per heavy atom. The fraction of sp³-hybridized carbons (Fsp3) is 0.467. The molecule has 1 aromatic rings. The van der Waals surface area contributed by atoms with Gasteiger partial charge in [0.05, 0.1) is 5.92 Å². The van der Waals surface area contributed by atoms with E-state index in [0.717, 1.165) is 6.42 Å². The van der Waals surface area contributed by atoms with E-state index in [0.29, 0.717) is 18.5 Å². The quantitative estimate of drug-likeness (QED) is 0.669. The molecule has 0 saturated carbocycles. The zero-order valence-electron chi connectivity index (χ0n) is 11.7. The summed E-state index contributed by atoms with van der Waals surface area (Å²) in [6, 6.07) is 8.91. The Bertz CT molecular complexity index is 434. The molecule has 0 radical (unpaired) electrons. The molecule has 4 N–H and O–H groups in total. The van der Waals surface area contributed by atoms with E-state index >= 15 is 0 Å². The van der Waals surface area contributed by atoms with E-state index in [9.17, 15) is 14.7 Å². The number of aliphatic carboxylic acids is 1. The van der Waals surface area contributed by atoms with Crippen molar-refractivity contribution in [1.29, 1.82) is 0 Å². The predicted molar refractivity (Wildman–Crippen MR) is 77.3 cm³/mol. The molecule has 1 rings (SSSR count). The summed E-state index contributed by atoms with van der Waals surface area (Å²) in [5.41, 5.74) is 6.10. The number of carbonyl (C=O) groups is 2. The van der Waals surface area contributed by atoms with Crippen molar-refractivity contribution in [1.82, 2.24) is 5.32 Å². The molecule has 0 fully saturated rings. The minimum atomic E-state index is -0.939. The number of hydrogen-bond acceptors (Lipinski definition) is 3. The fourth-order valence-electron chi connectivity index (χ4n) is 1.97. The fourth-order valence-corrected chi connectivity index (χ4v) is 1.97. The van der Waals surface area contributed by atoms with E-state index in [-0.39, 0.29) is 18.4 Å². The minimum Gasteiger partial charge on any atom is -0.481 e. The van der Waals surface area contributed by atoms with Gasteiger partial charge in [0.15, 0.2) is 0 Å². The first-order valence-corrected chi connectivity index (χ1v) is 6.81. The topological polar surface area (TPSA) is 92.4 Å². The third-order valence-electron chi connectivity index (χ3n) is 3.27. The van der Waals surface area contributed by atoms with Crippen molar-refractivity contribution >= 4 is 11.9 Å². The van der Waals surface area contributed by atoms with Crippen molar-refractivity contribution in [3.63, 3.8) is 0 Å². The van der Waals surface area contributed by atoms with Crippen LogP contribution in [0.3, 0.4) is 0 Å². The number of nitrogens with two attached hydrogens (primary N) is 1. The zero-order chi connectivity index (χ0) is 15.0. The molecule has 0 saturated heterocycles. The second kappa shape index (κ2) is 8.32.